The van der Waals surface area contributed by atoms with Crippen LogP contribution in [0.15, 0.2) is 65.3 Å². The van der Waals surface area contributed by atoms with Crippen molar-refractivity contribution in [2.24, 2.45) is 0 Å². The van der Waals surface area contributed by atoms with Crippen LogP contribution < -0.4 is 4.74 Å². The van der Waals surface area contributed by atoms with Crippen LogP contribution in [0.25, 0.3) is 22.0 Å². The van der Waals surface area contributed by atoms with Gasteiger partial charge >= 0.3 is 5.97 Å². The van der Waals surface area contributed by atoms with Gasteiger partial charge in [-0.1, -0.05) is 18.2 Å². The van der Waals surface area contributed by atoms with Crippen molar-refractivity contribution in [3.63, 3.8) is 0 Å². The predicted molar refractivity (Wildman–Crippen MR) is 158 cm³/mol. The fourth-order valence-corrected chi connectivity index (χ4v) is 6.11. The lowest BCUT2D eigenvalue weighted by atomic mass is 9.93. The van der Waals surface area contributed by atoms with E-state index in [1.54, 1.807) is 18.4 Å². The monoisotopic (exact) mass is 566 g/mol. The van der Waals surface area contributed by atoms with Gasteiger partial charge in [-0.25, -0.2) is 14.8 Å². The largest absolute Gasteiger partial charge is 0.478 e. The highest BCUT2D eigenvalue weighted by Gasteiger charge is 2.26. The molecule has 5 heterocycles. The van der Waals surface area contributed by atoms with E-state index in [4.69, 9.17) is 23.9 Å². The molecule has 7 rings (SSSR count). The van der Waals surface area contributed by atoms with Gasteiger partial charge in [0.25, 0.3) is 0 Å². The van der Waals surface area contributed by atoms with Gasteiger partial charge in [-0.2, -0.15) is 0 Å². The number of benzene rings is 2. The number of carboxylic acid groups (broad SMARTS) is 1. The Balaban J connectivity index is 1.01. The quantitative estimate of drug-likeness (QED) is 0.234. The smallest absolute Gasteiger partial charge is 0.335 e. The van der Waals surface area contributed by atoms with E-state index in [0.29, 0.717) is 31.5 Å². The summed E-state index contributed by atoms with van der Waals surface area (Å²) in [5, 5.41) is 10.6. The Bertz CT molecular complexity index is 1750. The molecule has 9 heteroatoms. The van der Waals surface area contributed by atoms with Crippen LogP contribution in [0.5, 0.6) is 5.88 Å². The summed E-state index contributed by atoms with van der Waals surface area (Å²) in [7, 11) is 0. The molecule has 1 N–H and O–H groups in total. The standard InChI is InChI=1S/C33H34N4O5/c1-21-5-6-24(32-26(21)12-16-41-32)20-42-31-4-2-3-27(35-31)22-9-13-36(14-10-22)19-30-34-28-8-7-23(33(38)39)17-29(28)37(30)18-25-11-15-40-25/h2-8,12,16-17,22,25H,9-11,13-15,18-20H2,1H3,(H,38,39). The molecule has 0 aliphatic carbocycles. The van der Waals surface area contributed by atoms with Crippen LogP contribution in [-0.2, 0) is 24.4 Å². The second kappa shape index (κ2) is 11.2. The number of furan rings is 1. The number of ether oxygens (including phenoxy) is 2. The summed E-state index contributed by atoms with van der Waals surface area (Å²) in [6.45, 7) is 6.53. The van der Waals surface area contributed by atoms with E-state index >= 15 is 0 Å². The van der Waals surface area contributed by atoms with E-state index in [2.05, 4.69) is 34.6 Å². The number of aromatic nitrogens is 3. The Labute approximate surface area is 243 Å². The maximum absolute atomic E-state index is 11.6. The Morgan fingerprint density at radius 3 is 2.71 bits per heavy atom. The summed E-state index contributed by atoms with van der Waals surface area (Å²) in [5.41, 5.74) is 6.08. The number of carbonyl (C=O) groups is 1. The zero-order valence-corrected chi connectivity index (χ0v) is 23.7. The van der Waals surface area contributed by atoms with Gasteiger partial charge in [-0.15, -0.1) is 0 Å². The van der Waals surface area contributed by atoms with Gasteiger partial charge in [0.1, 0.15) is 18.0 Å². The third-order valence-corrected chi connectivity index (χ3v) is 8.66. The molecule has 2 aliphatic rings. The van der Waals surface area contributed by atoms with Crippen LogP contribution in [0.1, 0.15) is 58.2 Å². The molecule has 0 saturated carbocycles. The molecule has 0 amide bonds. The van der Waals surface area contributed by atoms with Crippen molar-refractivity contribution in [2.75, 3.05) is 19.7 Å². The first kappa shape index (κ1) is 26.7. The van der Waals surface area contributed by atoms with Crippen LogP contribution in [0.2, 0.25) is 0 Å². The lowest BCUT2D eigenvalue weighted by molar-refractivity contribution is -0.0592. The third-order valence-electron chi connectivity index (χ3n) is 8.66. The van der Waals surface area contributed by atoms with Crippen LogP contribution in [0.4, 0.5) is 0 Å². The summed E-state index contributed by atoms with van der Waals surface area (Å²) in [4.78, 5) is 23.8. The summed E-state index contributed by atoms with van der Waals surface area (Å²) in [6.07, 6.45) is 4.88. The molecule has 2 fully saturated rings. The van der Waals surface area contributed by atoms with Gasteiger partial charge in [-0.3, -0.25) is 4.90 Å². The van der Waals surface area contributed by atoms with E-state index in [1.165, 1.54) is 5.56 Å². The van der Waals surface area contributed by atoms with Crippen molar-refractivity contribution in [3.05, 3.63) is 89.1 Å². The number of pyridine rings is 1. The van der Waals surface area contributed by atoms with Crippen LogP contribution in [0.3, 0.4) is 0 Å². The molecule has 5 aromatic rings. The van der Waals surface area contributed by atoms with E-state index < -0.39 is 5.97 Å². The zero-order chi connectivity index (χ0) is 28.6. The van der Waals surface area contributed by atoms with Crippen molar-refractivity contribution in [1.82, 2.24) is 19.4 Å². The van der Waals surface area contributed by atoms with Gasteiger partial charge in [0.05, 0.1) is 42.1 Å². The number of hydrogen-bond donors (Lipinski definition) is 1. The average Bonchev–Trinajstić information content (AvgIpc) is 3.61. The van der Waals surface area contributed by atoms with Crippen LogP contribution in [0, 0.1) is 6.92 Å². The highest BCUT2D eigenvalue weighted by Crippen LogP contribution is 2.30. The number of imidazole rings is 1. The Morgan fingerprint density at radius 2 is 1.93 bits per heavy atom. The molecule has 1 unspecified atom stereocenters. The maximum Gasteiger partial charge on any atom is 0.335 e. The van der Waals surface area contributed by atoms with Crippen molar-refractivity contribution in [2.45, 2.75) is 57.9 Å². The van der Waals surface area contributed by atoms with Crippen molar-refractivity contribution < 1.29 is 23.8 Å². The number of nitrogens with zero attached hydrogens (tertiary/aromatic N) is 4. The Kier molecular flexibility index (Phi) is 7.13. The van der Waals surface area contributed by atoms with Gasteiger partial charge in [-0.05, 0) is 75.2 Å². The predicted octanol–water partition coefficient (Wildman–Crippen LogP) is 5.93. The lowest BCUT2D eigenvalue weighted by Crippen LogP contribution is -2.35. The van der Waals surface area contributed by atoms with Crippen molar-refractivity contribution in [1.29, 1.82) is 0 Å². The molecular weight excluding hydrogens is 532 g/mol. The van der Waals surface area contributed by atoms with E-state index in [9.17, 15) is 9.90 Å². The van der Waals surface area contributed by atoms with Gasteiger partial charge in [0, 0.05) is 35.2 Å². The molecule has 2 aromatic carbocycles. The second-order valence-corrected chi connectivity index (χ2v) is 11.4. The number of rotatable bonds is 9. The first-order chi connectivity index (χ1) is 20.5. The summed E-state index contributed by atoms with van der Waals surface area (Å²) < 4.78 is 19.7. The first-order valence-electron chi connectivity index (χ1n) is 14.6. The number of carboxylic acids is 1. The normalized spacial score (nSPS) is 18.0. The average molecular weight is 567 g/mol. The molecular formula is C33H34N4O5. The molecule has 1 atom stereocenters. The second-order valence-electron chi connectivity index (χ2n) is 11.4. The molecule has 9 nitrogen and oxygen atoms in total. The third kappa shape index (κ3) is 5.26. The van der Waals surface area contributed by atoms with Crippen LogP contribution >= 0.6 is 0 Å². The minimum atomic E-state index is -0.929. The first-order valence-corrected chi connectivity index (χ1v) is 14.6. The molecule has 216 valence electrons. The Morgan fingerprint density at radius 1 is 1.07 bits per heavy atom. The van der Waals surface area contributed by atoms with Gasteiger partial charge in [0.15, 0.2) is 0 Å². The van der Waals surface area contributed by atoms with E-state index in [-0.39, 0.29) is 11.7 Å². The molecule has 0 radical (unpaired) electrons. The fourth-order valence-electron chi connectivity index (χ4n) is 6.11. The summed E-state index contributed by atoms with van der Waals surface area (Å²) in [6, 6.07) is 17.3. The molecule has 2 saturated heterocycles. The summed E-state index contributed by atoms with van der Waals surface area (Å²) >= 11 is 0. The number of fused-ring (bicyclic) bond motifs is 2. The number of hydrogen-bond acceptors (Lipinski definition) is 7. The minimum Gasteiger partial charge on any atom is -0.478 e. The van der Waals surface area contributed by atoms with Gasteiger partial charge < -0.3 is 23.6 Å². The number of piperidine rings is 1. The zero-order valence-electron chi connectivity index (χ0n) is 23.7. The molecule has 0 spiro atoms. The minimum absolute atomic E-state index is 0.150. The van der Waals surface area contributed by atoms with E-state index in [1.807, 2.05) is 24.3 Å². The van der Waals surface area contributed by atoms with E-state index in [0.717, 1.165) is 78.0 Å². The highest BCUT2D eigenvalue weighted by atomic mass is 16.5. The number of aryl methyl sites for hydroxylation is 1. The molecule has 2 aliphatic heterocycles. The molecule has 3 aromatic heterocycles. The number of likely N-dealkylation sites (tertiary alicyclic amines) is 1. The van der Waals surface area contributed by atoms with Crippen molar-refractivity contribution in [3.8, 4) is 5.88 Å². The molecule has 0 bridgehead atoms. The SMILES string of the molecule is Cc1ccc(COc2cccc(C3CCN(Cc4nc5ccc(C(=O)O)cc5n4CC4CCO4)CC3)n2)c2occc12. The maximum atomic E-state index is 11.6. The van der Waals surface area contributed by atoms with Gasteiger partial charge in [0.2, 0.25) is 5.88 Å². The number of aromatic carboxylic acids is 1. The topological polar surface area (TPSA) is 103 Å². The highest BCUT2D eigenvalue weighted by molar-refractivity contribution is 5.92. The summed E-state index contributed by atoms with van der Waals surface area (Å²) in [5.74, 6) is 1.02. The van der Waals surface area contributed by atoms with Crippen molar-refractivity contribution >= 4 is 28.0 Å². The Hall–Kier alpha value is -4.21. The lowest BCUT2D eigenvalue weighted by Gasteiger charge is -2.32. The fraction of sp³-hybridized carbons (Fsp3) is 0.364. The van der Waals surface area contributed by atoms with Crippen LogP contribution in [-0.4, -0.2) is 56.3 Å². The molecule has 42 heavy (non-hydrogen) atoms.